The molecule has 0 saturated heterocycles. The van der Waals surface area contributed by atoms with Crippen molar-refractivity contribution in [1.82, 2.24) is 5.01 Å². The van der Waals surface area contributed by atoms with E-state index in [9.17, 15) is 4.79 Å². The average molecular weight is 222 g/mol. The molecule has 2 aliphatic rings. The number of aliphatic imine (C=N–C) groups is 2. The molecule has 0 aliphatic carbocycles. The number of fused-ring (bicyclic) bond motifs is 1. The van der Waals surface area contributed by atoms with E-state index in [1.165, 1.54) is 16.8 Å². The fourth-order valence-electron chi connectivity index (χ4n) is 1.35. The number of carbonyl (C=O) groups excluding carboxylic acids is 1. The number of hydrogen-bond acceptors (Lipinski definition) is 5. The molecule has 0 radical (unpaired) electrons. The number of carbonyl (C=O) groups is 1. The molecule has 6 heteroatoms. The van der Waals surface area contributed by atoms with Crippen LogP contribution < -0.4 is 0 Å². The molecule has 0 fully saturated rings. The number of amides is 1. The second kappa shape index (κ2) is 3.98. The lowest BCUT2D eigenvalue weighted by molar-refractivity contribution is -0.129. The van der Waals surface area contributed by atoms with Gasteiger partial charge in [-0.2, -0.15) is 5.10 Å². The molecule has 0 spiro atoms. The Morgan fingerprint density at radius 2 is 2.53 bits per heavy atom. The first-order valence-electron chi connectivity index (χ1n) is 4.44. The summed E-state index contributed by atoms with van der Waals surface area (Å²) < 4.78 is 0. The van der Waals surface area contributed by atoms with Crippen molar-refractivity contribution in [1.29, 1.82) is 0 Å². The summed E-state index contributed by atoms with van der Waals surface area (Å²) in [5.41, 5.74) is 0. The number of thioether (sulfide) groups is 1. The van der Waals surface area contributed by atoms with E-state index in [1.807, 2.05) is 6.26 Å². The molecule has 2 rings (SSSR count). The Morgan fingerprint density at radius 1 is 1.73 bits per heavy atom. The van der Waals surface area contributed by atoms with Crippen LogP contribution in [0.5, 0.6) is 0 Å². The minimum atomic E-state index is -0.402. The Kier molecular flexibility index (Phi) is 2.68. The van der Waals surface area contributed by atoms with Crippen molar-refractivity contribution >= 4 is 34.9 Å². The zero-order valence-corrected chi connectivity index (χ0v) is 9.07. The molecule has 1 amide bonds. The van der Waals surface area contributed by atoms with Crippen LogP contribution in [0.2, 0.25) is 0 Å². The molecule has 0 aromatic heterocycles. The Hall–Kier alpha value is -1.43. The first-order valence-corrected chi connectivity index (χ1v) is 5.66. The summed E-state index contributed by atoms with van der Waals surface area (Å²) in [5, 5.41) is 6.12. The van der Waals surface area contributed by atoms with Crippen LogP contribution in [0.3, 0.4) is 0 Å². The van der Waals surface area contributed by atoms with Gasteiger partial charge in [-0.25, -0.2) is 15.0 Å². The number of hydrazone groups is 1. The van der Waals surface area contributed by atoms with E-state index in [0.29, 0.717) is 17.5 Å². The zero-order chi connectivity index (χ0) is 10.8. The third-order valence-corrected chi connectivity index (χ3v) is 2.61. The standard InChI is InChI=1S/C9H10N4OS/c1-3-4-13-8(14)6-5-10-9(15-2)11-7(6)12-13/h3,5-6H,1,4H2,2H3. The molecular formula is C9H10N4OS. The molecule has 0 saturated carbocycles. The fourth-order valence-corrected chi connectivity index (χ4v) is 1.70. The minimum absolute atomic E-state index is 0.0856. The summed E-state index contributed by atoms with van der Waals surface area (Å²) in [6.07, 6.45) is 5.12. The number of rotatable bonds is 2. The maximum absolute atomic E-state index is 11.7. The summed E-state index contributed by atoms with van der Waals surface area (Å²) in [6.45, 7) is 3.98. The predicted octanol–water partition coefficient (Wildman–Crippen LogP) is 0.748. The molecule has 0 aromatic carbocycles. The van der Waals surface area contributed by atoms with Crippen molar-refractivity contribution in [3.8, 4) is 0 Å². The van der Waals surface area contributed by atoms with Gasteiger partial charge in [0.2, 0.25) is 0 Å². The van der Waals surface area contributed by atoms with E-state index in [0.717, 1.165) is 0 Å². The van der Waals surface area contributed by atoms with Gasteiger partial charge < -0.3 is 0 Å². The number of hydrogen-bond donors (Lipinski definition) is 0. The number of amidine groups is 2. The van der Waals surface area contributed by atoms with Gasteiger partial charge in [-0.05, 0) is 6.26 Å². The minimum Gasteiger partial charge on any atom is -0.272 e. The fraction of sp³-hybridized carbons (Fsp3) is 0.333. The van der Waals surface area contributed by atoms with Gasteiger partial charge in [-0.1, -0.05) is 17.8 Å². The molecule has 0 aromatic rings. The van der Waals surface area contributed by atoms with Gasteiger partial charge in [-0.15, -0.1) is 6.58 Å². The maximum Gasteiger partial charge on any atom is 0.259 e. The molecule has 15 heavy (non-hydrogen) atoms. The van der Waals surface area contributed by atoms with Crippen LogP contribution in [0.25, 0.3) is 0 Å². The average Bonchev–Trinajstić information content (AvgIpc) is 2.56. The van der Waals surface area contributed by atoms with Crippen LogP contribution in [0.1, 0.15) is 0 Å². The van der Waals surface area contributed by atoms with Crippen LogP contribution in [-0.4, -0.2) is 40.9 Å². The summed E-state index contributed by atoms with van der Waals surface area (Å²) in [7, 11) is 0. The summed E-state index contributed by atoms with van der Waals surface area (Å²) in [5.74, 6) is 0.0413. The van der Waals surface area contributed by atoms with Gasteiger partial charge in [0, 0.05) is 6.21 Å². The van der Waals surface area contributed by atoms with E-state index in [1.54, 1.807) is 12.3 Å². The molecule has 1 unspecified atom stereocenters. The lowest BCUT2D eigenvalue weighted by atomic mass is 10.1. The molecule has 2 heterocycles. The zero-order valence-electron chi connectivity index (χ0n) is 8.25. The lowest BCUT2D eigenvalue weighted by Crippen LogP contribution is -2.29. The first-order chi connectivity index (χ1) is 7.26. The summed E-state index contributed by atoms with van der Waals surface area (Å²) >= 11 is 1.43. The first kappa shape index (κ1) is 10.1. The predicted molar refractivity (Wildman–Crippen MR) is 62.3 cm³/mol. The van der Waals surface area contributed by atoms with Crippen LogP contribution >= 0.6 is 11.8 Å². The van der Waals surface area contributed by atoms with Crippen molar-refractivity contribution in [3.63, 3.8) is 0 Å². The lowest BCUT2D eigenvalue weighted by Gasteiger charge is -2.09. The molecule has 1 atom stereocenters. The molecular weight excluding hydrogens is 212 g/mol. The van der Waals surface area contributed by atoms with Gasteiger partial charge in [-0.3, -0.25) is 4.79 Å². The highest BCUT2D eigenvalue weighted by Gasteiger charge is 2.36. The number of nitrogens with zero attached hydrogens (tertiary/aromatic N) is 4. The van der Waals surface area contributed by atoms with Gasteiger partial charge in [0.05, 0.1) is 6.54 Å². The molecule has 0 bridgehead atoms. The maximum atomic E-state index is 11.7. The van der Waals surface area contributed by atoms with Crippen molar-refractivity contribution in [2.24, 2.45) is 21.0 Å². The van der Waals surface area contributed by atoms with Gasteiger partial charge >= 0.3 is 0 Å². The monoisotopic (exact) mass is 222 g/mol. The highest BCUT2D eigenvalue weighted by molar-refractivity contribution is 8.13. The Balaban J connectivity index is 2.26. The topological polar surface area (TPSA) is 57.4 Å². The second-order valence-corrected chi connectivity index (χ2v) is 3.79. The highest BCUT2D eigenvalue weighted by atomic mass is 32.2. The molecule has 5 nitrogen and oxygen atoms in total. The van der Waals surface area contributed by atoms with Crippen LogP contribution in [0.15, 0.2) is 27.7 Å². The van der Waals surface area contributed by atoms with Crippen molar-refractivity contribution in [3.05, 3.63) is 12.7 Å². The van der Waals surface area contributed by atoms with E-state index < -0.39 is 5.92 Å². The van der Waals surface area contributed by atoms with Gasteiger partial charge in [0.25, 0.3) is 5.91 Å². The smallest absolute Gasteiger partial charge is 0.259 e. The SMILES string of the molecule is C=CCN1N=C2N=C(SC)N=CC2C1=O. The Labute approximate surface area is 91.7 Å². The van der Waals surface area contributed by atoms with Crippen LogP contribution in [-0.2, 0) is 4.79 Å². The Bertz CT molecular complexity index is 399. The van der Waals surface area contributed by atoms with Crippen LogP contribution in [0, 0.1) is 5.92 Å². The third kappa shape index (κ3) is 1.72. The Morgan fingerprint density at radius 3 is 3.20 bits per heavy atom. The van der Waals surface area contributed by atoms with Crippen molar-refractivity contribution in [2.45, 2.75) is 0 Å². The van der Waals surface area contributed by atoms with Gasteiger partial charge in [0.1, 0.15) is 5.92 Å². The molecule has 2 aliphatic heterocycles. The quantitative estimate of drug-likeness (QED) is 0.647. The summed E-state index contributed by atoms with van der Waals surface area (Å²) in [4.78, 5) is 20.0. The van der Waals surface area contributed by atoms with Crippen LogP contribution in [0.4, 0.5) is 0 Å². The van der Waals surface area contributed by atoms with E-state index >= 15 is 0 Å². The second-order valence-electron chi connectivity index (χ2n) is 3.02. The normalized spacial score (nSPS) is 23.7. The highest BCUT2D eigenvalue weighted by Crippen LogP contribution is 2.19. The van der Waals surface area contributed by atoms with E-state index in [-0.39, 0.29) is 5.91 Å². The van der Waals surface area contributed by atoms with Crippen molar-refractivity contribution < 1.29 is 4.79 Å². The van der Waals surface area contributed by atoms with E-state index in [2.05, 4.69) is 21.7 Å². The largest absolute Gasteiger partial charge is 0.272 e. The van der Waals surface area contributed by atoms with Gasteiger partial charge in [0.15, 0.2) is 11.0 Å². The summed E-state index contributed by atoms with van der Waals surface area (Å²) in [6, 6.07) is 0. The molecule has 0 N–H and O–H groups in total. The van der Waals surface area contributed by atoms with E-state index in [4.69, 9.17) is 0 Å². The third-order valence-electron chi connectivity index (χ3n) is 2.05. The van der Waals surface area contributed by atoms with Crippen molar-refractivity contribution in [2.75, 3.05) is 12.8 Å². The molecule has 78 valence electrons.